The van der Waals surface area contributed by atoms with Crippen molar-refractivity contribution in [1.82, 2.24) is 24.4 Å². The van der Waals surface area contributed by atoms with Crippen molar-refractivity contribution in [2.45, 2.75) is 51.7 Å². The van der Waals surface area contributed by atoms with Crippen molar-refractivity contribution in [1.29, 1.82) is 0 Å². The molecule has 182 valence electrons. The van der Waals surface area contributed by atoms with Crippen LogP contribution in [0.5, 0.6) is 0 Å². The zero-order valence-electron chi connectivity index (χ0n) is 19.9. The van der Waals surface area contributed by atoms with Crippen LogP contribution in [-0.4, -0.2) is 25.0 Å². The summed E-state index contributed by atoms with van der Waals surface area (Å²) in [6, 6.07) is 16.3. The standard InChI is InChI=1S/C28H27N5O2S/c34-25(13-14-32-18-31-27-26(28(32)35)21-5-1-4-8-24(21)36-27)29-15-19-9-11-20(12-10-19)16-33-17-30-22-6-2-3-7-23(22)33/h2-3,6-7,9-12,17-18H,1,4-5,8,13-16H2,(H,29,34). The summed E-state index contributed by atoms with van der Waals surface area (Å²) in [6.45, 7) is 1.53. The molecule has 2 aromatic carbocycles. The van der Waals surface area contributed by atoms with Crippen LogP contribution in [0.1, 0.15) is 40.8 Å². The first-order chi connectivity index (χ1) is 17.7. The smallest absolute Gasteiger partial charge is 0.262 e. The molecule has 0 radical (unpaired) electrons. The SMILES string of the molecule is O=C(CCn1cnc2sc3c(c2c1=O)CCCC3)NCc1ccc(Cn2cnc3ccccc32)cc1. The molecule has 1 N–H and O–H groups in total. The molecule has 0 atom stereocenters. The zero-order valence-corrected chi connectivity index (χ0v) is 20.8. The van der Waals surface area contributed by atoms with Gasteiger partial charge in [0, 0.05) is 30.9 Å². The van der Waals surface area contributed by atoms with Crippen LogP contribution >= 0.6 is 11.3 Å². The maximum atomic E-state index is 13.1. The number of hydrogen-bond donors (Lipinski definition) is 1. The average molecular weight is 498 g/mol. The number of aromatic nitrogens is 4. The molecular formula is C28H27N5O2S. The summed E-state index contributed by atoms with van der Waals surface area (Å²) in [5.74, 6) is -0.0803. The van der Waals surface area contributed by atoms with Gasteiger partial charge in [-0.25, -0.2) is 9.97 Å². The van der Waals surface area contributed by atoms with E-state index in [4.69, 9.17) is 0 Å². The Balaban J connectivity index is 1.05. The van der Waals surface area contributed by atoms with Crippen molar-refractivity contribution in [2.24, 2.45) is 0 Å². The minimum absolute atomic E-state index is 0.0199. The molecule has 0 saturated heterocycles. The van der Waals surface area contributed by atoms with Gasteiger partial charge in [-0.1, -0.05) is 36.4 Å². The topological polar surface area (TPSA) is 81.8 Å². The van der Waals surface area contributed by atoms with Gasteiger partial charge in [-0.15, -0.1) is 11.3 Å². The summed E-state index contributed by atoms with van der Waals surface area (Å²) >= 11 is 1.65. The quantitative estimate of drug-likeness (QED) is 0.360. The lowest BCUT2D eigenvalue weighted by Crippen LogP contribution is -2.27. The second-order valence-electron chi connectivity index (χ2n) is 9.34. The minimum Gasteiger partial charge on any atom is -0.352 e. The predicted molar refractivity (Wildman–Crippen MR) is 142 cm³/mol. The second-order valence-corrected chi connectivity index (χ2v) is 10.4. The van der Waals surface area contributed by atoms with E-state index in [2.05, 4.69) is 38.1 Å². The molecule has 8 heteroatoms. The molecule has 3 aromatic heterocycles. The molecule has 7 nitrogen and oxygen atoms in total. The molecule has 0 fully saturated rings. The molecule has 0 bridgehead atoms. The summed E-state index contributed by atoms with van der Waals surface area (Å²) in [5, 5.41) is 3.74. The number of aryl methyl sites for hydroxylation is 3. The molecule has 0 spiro atoms. The van der Waals surface area contributed by atoms with Gasteiger partial charge in [0.25, 0.3) is 5.56 Å². The summed E-state index contributed by atoms with van der Waals surface area (Å²) in [6.07, 6.45) is 7.99. The molecule has 3 heterocycles. The number of thiophene rings is 1. The maximum absolute atomic E-state index is 13.1. The van der Waals surface area contributed by atoms with Gasteiger partial charge in [-0.3, -0.25) is 14.2 Å². The van der Waals surface area contributed by atoms with E-state index < -0.39 is 0 Å². The van der Waals surface area contributed by atoms with Crippen LogP contribution < -0.4 is 10.9 Å². The third-order valence-electron chi connectivity index (χ3n) is 6.91. The van der Waals surface area contributed by atoms with Crippen LogP contribution in [0.25, 0.3) is 21.3 Å². The molecule has 0 aliphatic heterocycles. The Bertz CT molecular complexity index is 1610. The van der Waals surface area contributed by atoms with Gasteiger partial charge in [0.15, 0.2) is 0 Å². The van der Waals surface area contributed by atoms with Crippen LogP contribution in [0, 0.1) is 0 Å². The van der Waals surface area contributed by atoms with Gasteiger partial charge in [0.2, 0.25) is 5.91 Å². The minimum atomic E-state index is -0.0803. The number of amides is 1. The van der Waals surface area contributed by atoms with E-state index in [1.807, 2.05) is 36.7 Å². The Kier molecular flexibility index (Phi) is 6.11. The Morgan fingerprint density at radius 3 is 2.61 bits per heavy atom. The third-order valence-corrected chi connectivity index (χ3v) is 8.11. The maximum Gasteiger partial charge on any atom is 0.262 e. The highest BCUT2D eigenvalue weighted by atomic mass is 32.1. The Morgan fingerprint density at radius 2 is 1.72 bits per heavy atom. The average Bonchev–Trinajstić information content (AvgIpc) is 3.49. The number of carbonyl (C=O) groups excluding carboxylic acids is 1. The van der Waals surface area contributed by atoms with Gasteiger partial charge in [0.05, 0.1) is 29.1 Å². The lowest BCUT2D eigenvalue weighted by Gasteiger charge is -2.11. The van der Waals surface area contributed by atoms with Crippen molar-refractivity contribution in [3.63, 3.8) is 0 Å². The van der Waals surface area contributed by atoms with E-state index in [0.717, 1.165) is 52.6 Å². The number of fused-ring (bicyclic) bond motifs is 4. The second kappa shape index (κ2) is 9.70. The highest BCUT2D eigenvalue weighted by Crippen LogP contribution is 2.33. The molecular weight excluding hydrogens is 470 g/mol. The lowest BCUT2D eigenvalue weighted by molar-refractivity contribution is -0.121. The van der Waals surface area contributed by atoms with E-state index in [1.165, 1.54) is 22.4 Å². The number of imidazole rings is 1. The van der Waals surface area contributed by atoms with Gasteiger partial charge in [0.1, 0.15) is 4.83 Å². The first kappa shape index (κ1) is 22.7. The molecule has 1 amide bonds. The number of hydrogen-bond acceptors (Lipinski definition) is 5. The van der Waals surface area contributed by atoms with E-state index in [1.54, 1.807) is 22.2 Å². The van der Waals surface area contributed by atoms with Gasteiger partial charge in [-0.05, 0) is 54.5 Å². The van der Waals surface area contributed by atoms with E-state index in [-0.39, 0.29) is 17.9 Å². The van der Waals surface area contributed by atoms with Gasteiger partial charge < -0.3 is 9.88 Å². The van der Waals surface area contributed by atoms with Crippen LogP contribution in [-0.2, 0) is 37.3 Å². The number of rotatable bonds is 7. The number of para-hydroxylation sites is 2. The lowest BCUT2D eigenvalue weighted by atomic mass is 9.97. The van der Waals surface area contributed by atoms with Crippen LogP contribution in [0.15, 0.2) is 66.0 Å². The van der Waals surface area contributed by atoms with Crippen molar-refractivity contribution in [2.75, 3.05) is 0 Å². The van der Waals surface area contributed by atoms with E-state index >= 15 is 0 Å². The molecule has 36 heavy (non-hydrogen) atoms. The van der Waals surface area contributed by atoms with E-state index in [0.29, 0.717) is 13.1 Å². The number of benzene rings is 2. The molecule has 1 aliphatic carbocycles. The Morgan fingerprint density at radius 1 is 0.944 bits per heavy atom. The van der Waals surface area contributed by atoms with Crippen molar-refractivity contribution in [3.8, 4) is 0 Å². The molecule has 1 aliphatic rings. The summed E-state index contributed by atoms with van der Waals surface area (Å²) in [7, 11) is 0. The van der Waals surface area contributed by atoms with Crippen LogP contribution in [0.4, 0.5) is 0 Å². The van der Waals surface area contributed by atoms with Crippen LogP contribution in [0.2, 0.25) is 0 Å². The van der Waals surface area contributed by atoms with Gasteiger partial charge >= 0.3 is 0 Å². The molecule has 0 unspecified atom stereocenters. The highest BCUT2D eigenvalue weighted by Gasteiger charge is 2.20. The number of nitrogens with zero attached hydrogens (tertiary/aromatic N) is 4. The number of nitrogens with one attached hydrogen (secondary N) is 1. The Hall–Kier alpha value is -3.78. The highest BCUT2D eigenvalue weighted by molar-refractivity contribution is 7.18. The largest absolute Gasteiger partial charge is 0.352 e. The zero-order chi connectivity index (χ0) is 24.5. The third kappa shape index (κ3) is 4.44. The Labute approximate surface area is 212 Å². The first-order valence-corrected chi connectivity index (χ1v) is 13.2. The van der Waals surface area contributed by atoms with Crippen molar-refractivity contribution < 1.29 is 4.79 Å². The summed E-state index contributed by atoms with van der Waals surface area (Å²) in [5.41, 5.74) is 5.47. The summed E-state index contributed by atoms with van der Waals surface area (Å²) < 4.78 is 3.71. The summed E-state index contributed by atoms with van der Waals surface area (Å²) in [4.78, 5) is 36.7. The number of carbonyl (C=O) groups is 1. The van der Waals surface area contributed by atoms with Crippen molar-refractivity contribution in [3.05, 3.63) is 93.1 Å². The molecule has 0 saturated carbocycles. The normalized spacial score (nSPS) is 13.2. The van der Waals surface area contributed by atoms with Gasteiger partial charge in [-0.2, -0.15) is 0 Å². The monoisotopic (exact) mass is 497 g/mol. The van der Waals surface area contributed by atoms with Crippen LogP contribution in [0.3, 0.4) is 0 Å². The van der Waals surface area contributed by atoms with E-state index in [9.17, 15) is 9.59 Å². The predicted octanol–water partition coefficient (Wildman–Crippen LogP) is 4.44. The fourth-order valence-corrected chi connectivity index (χ4v) is 6.17. The molecule has 5 aromatic rings. The first-order valence-electron chi connectivity index (χ1n) is 12.4. The molecule has 6 rings (SSSR count). The fourth-order valence-electron chi connectivity index (χ4n) is 4.95. The fraction of sp³-hybridized carbons (Fsp3) is 0.286. The van der Waals surface area contributed by atoms with Crippen molar-refractivity contribution >= 4 is 38.5 Å².